The van der Waals surface area contributed by atoms with E-state index in [0.29, 0.717) is 5.69 Å². The lowest BCUT2D eigenvalue weighted by Gasteiger charge is -2.11. The Balaban J connectivity index is 1.78. The zero-order chi connectivity index (χ0) is 16.7. The topological polar surface area (TPSA) is 53.9 Å². The van der Waals surface area contributed by atoms with Crippen LogP contribution in [0.5, 0.6) is 0 Å². The summed E-state index contributed by atoms with van der Waals surface area (Å²) in [5.74, 6) is -0.821. The number of rotatable bonds is 6. The molecule has 0 aliphatic rings. The van der Waals surface area contributed by atoms with Gasteiger partial charge in [0.1, 0.15) is 5.82 Å². The molecule has 6 heteroatoms. The van der Waals surface area contributed by atoms with E-state index < -0.39 is 11.7 Å². The van der Waals surface area contributed by atoms with Gasteiger partial charge in [-0.2, -0.15) is 0 Å². The number of halogens is 1. The van der Waals surface area contributed by atoms with Crippen LogP contribution in [0, 0.1) is 5.82 Å². The number of hydrogen-bond acceptors (Lipinski definition) is 4. The van der Waals surface area contributed by atoms with E-state index in [0.717, 1.165) is 11.3 Å². The van der Waals surface area contributed by atoms with Crippen LogP contribution in [0.15, 0.2) is 53.7 Å². The zero-order valence-electron chi connectivity index (χ0n) is 13.0. The lowest BCUT2D eigenvalue weighted by Crippen LogP contribution is -2.17. The van der Waals surface area contributed by atoms with Crippen LogP contribution in [0.25, 0.3) is 0 Å². The monoisotopic (exact) mass is 315 g/mol. The predicted molar refractivity (Wildman–Crippen MR) is 89.3 cm³/mol. The Morgan fingerprint density at radius 3 is 2.65 bits per heavy atom. The van der Waals surface area contributed by atoms with Gasteiger partial charge in [0, 0.05) is 25.5 Å². The molecule has 0 atom stereocenters. The third-order valence-electron chi connectivity index (χ3n) is 2.99. The van der Waals surface area contributed by atoms with Crippen LogP contribution in [0.1, 0.15) is 5.56 Å². The van der Waals surface area contributed by atoms with Gasteiger partial charge in [-0.05, 0) is 35.9 Å². The molecule has 1 amide bonds. The second-order valence-corrected chi connectivity index (χ2v) is 5.05. The highest BCUT2D eigenvalue weighted by atomic mass is 19.1. The normalized spacial score (nSPS) is 10.6. The second-order valence-electron chi connectivity index (χ2n) is 5.05. The molecular weight excluding hydrogens is 297 g/mol. The van der Waals surface area contributed by atoms with Crippen LogP contribution < -0.4 is 10.2 Å². The molecule has 120 valence electrons. The van der Waals surface area contributed by atoms with Gasteiger partial charge in [0.15, 0.2) is 6.61 Å². The molecule has 0 spiro atoms. The predicted octanol–water partition coefficient (Wildman–Crippen LogP) is 2.88. The molecule has 0 aliphatic carbocycles. The quantitative estimate of drug-likeness (QED) is 0.659. The molecule has 0 aromatic heterocycles. The fraction of sp³-hybridized carbons (Fsp3) is 0.176. The minimum Gasteiger partial charge on any atom is -0.386 e. The van der Waals surface area contributed by atoms with E-state index in [-0.39, 0.29) is 6.61 Å². The number of anilines is 2. The van der Waals surface area contributed by atoms with Gasteiger partial charge >= 0.3 is 0 Å². The summed E-state index contributed by atoms with van der Waals surface area (Å²) in [6.45, 7) is -0.247. The molecule has 0 aliphatic heterocycles. The molecule has 1 N–H and O–H groups in total. The molecule has 0 unspecified atom stereocenters. The first-order chi connectivity index (χ1) is 11.0. The standard InChI is InChI=1S/C17H18FN3O2/c1-21(2)16-8-6-13(7-9-16)11-19-23-12-17(22)20-15-5-3-4-14(18)10-15/h3-11H,12H2,1-2H3,(H,20,22)/b19-11-. The first-order valence-corrected chi connectivity index (χ1v) is 7.03. The molecule has 2 rings (SSSR count). The van der Waals surface area contributed by atoms with E-state index >= 15 is 0 Å². The maximum atomic E-state index is 13.0. The summed E-state index contributed by atoms with van der Waals surface area (Å²) in [5.41, 5.74) is 2.32. The van der Waals surface area contributed by atoms with Crippen molar-refractivity contribution < 1.29 is 14.0 Å². The van der Waals surface area contributed by atoms with Crippen molar-refractivity contribution >= 4 is 23.5 Å². The van der Waals surface area contributed by atoms with Crippen LogP contribution in [0.3, 0.4) is 0 Å². The summed E-state index contributed by atoms with van der Waals surface area (Å²) in [7, 11) is 3.92. The van der Waals surface area contributed by atoms with Gasteiger partial charge in [-0.3, -0.25) is 4.79 Å². The highest BCUT2D eigenvalue weighted by molar-refractivity contribution is 5.91. The summed E-state index contributed by atoms with van der Waals surface area (Å²) >= 11 is 0. The van der Waals surface area contributed by atoms with Crippen molar-refractivity contribution in [2.45, 2.75) is 0 Å². The Kier molecular flexibility index (Phi) is 5.68. The minimum atomic E-state index is -0.414. The Hall–Kier alpha value is -2.89. The number of benzene rings is 2. The van der Waals surface area contributed by atoms with Crippen molar-refractivity contribution in [1.82, 2.24) is 0 Å². The summed E-state index contributed by atoms with van der Waals surface area (Å²) < 4.78 is 13.0. The first-order valence-electron chi connectivity index (χ1n) is 7.03. The van der Waals surface area contributed by atoms with Crippen LogP contribution >= 0.6 is 0 Å². The molecule has 0 fully saturated rings. The average Bonchev–Trinajstić information content (AvgIpc) is 2.52. The van der Waals surface area contributed by atoms with Crippen molar-refractivity contribution in [3.8, 4) is 0 Å². The summed E-state index contributed by atoms with van der Waals surface area (Å²) in [6.07, 6.45) is 1.52. The summed E-state index contributed by atoms with van der Waals surface area (Å²) in [6, 6.07) is 13.4. The largest absolute Gasteiger partial charge is 0.386 e. The Labute approximate surface area is 134 Å². The Bertz CT molecular complexity index is 684. The van der Waals surface area contributed by atoms with E-state index in [4.69, 9.17) is 4.84 Å². The number of carbonyl (C=O) groups excluding carboxylic acids is 1. The van der Waals surface area contributed by atoms with Crippen molar-refractivity contribution in [3.05, 3.63) is 59.9 Å². The number of nitrogens with zero attached hydrogens (tertiary/aromatic N) is 2. The van der Waals surface area contributed by atoms with Crippen LogP contribution in [0.2, 0.25) is 0 Å². The van der Waals surface area contributed by atoms with Gasteiger partial charge < -0.3 is 15.1 Å². The molecule has 0 heterocycles. The van der Waals surface area contributed by atoms with Gasteiger partial charge in [0.25, 0.3) is 5.91 Å². The number of amides is 1. The lowest BCUT2D eigenvalue weighted by atomic mass is 10.2. The molecule has 0 saturated heterocycles. The molecule has 0 radical (unpaired) electrons. The van der Waals surface area contributed by atoms with Gasteiger partial charge in [0.05, 0.1) is 6.21 Å². The van der Waals surface area contributed by atoms with Crippen molar-refractivity contribution in [3.63, 3.8) is 0 Å². The van der Waals surface area contributed by atoms with Crippen molar-refractivity contribution in [2.24, 2.45) is 5.16 Å². The van der Waals surface area contributed by atoms with Crippen LogP contribution in [-0.2, 0) is 9.63 Å². The Morgan fingerprint density at radius 1 is 1.26 bits per heavy atom. The SMILES string of the molecule is CN(C)c1ccc(/C=N\OCC(=O)Nc2cccc(F)c2)cc1. The van der Waals surface area contributed by atoms with Crippen LogP contribution in [-0.4, -0.2) is 32.8 Å². The minimum absolute atomic E-state index is 0.247. The first kappa shape index (κ1) is 16.5. The third-order valence-corrected chi connectivity index (χ3v) is 2.99. The highest BCUT2D eigenvalue weighted by Gasteiger charge is 2.03. The van der Waals surface area contributed by atoms with E-state index in [1.54, 1.807) is 6.07 Å². The Morgan fingerprint density at radius 2 is 2.00 bits per heavy atom. The molecule has 2 aromatic carbocycles. The van der Waals surface area contributed by atoms with E-state index in [9.17, 15) is 9.18 Å². The van der Waals surface area contributed by atoms with Gasteiger partial charge in [-0.1, -0.05) is 23.4 Å². The van der Waals surface area contributed by atoms with E-state index in [1.807, 2.05) is 43.3 Å². The maximum Gasteiger partial charge on any atom is 0.265 e. The fourth-order valence-corrected chi connectivity index (χ4v) is 1.82. The molecule has 0 saturated carbocycles. The van der Waals surface area contributed by atoms with Gasteiger partial charge in [-0.15, -0.1) is 0 Å². The summed E-state index contributed by atoms with van der Waals surface area (Å²) in [5, 5.41) is 6.26. The lowest BCUT2D eigenvalue weighted by molar-refractivity contribution is -0.120. The smallest absolute Gasteiger partial charge is 0.265 e. The van der Waals surface area contributed by atoms with Gasteiger partial charge in [0.2, 0.25) is 0 Å². The number of oxime groups is 1. The average molecular weight is 315 g/mol. The van der Waals surface area contributed by atoms with E-state index in [1.165, 1.54) is 24.4 Å². The number of hydrogen-bond donors (Lipinski definition) is 1. The van der Waals surface area contributed by atoms with E-state index in [2.05, 4.69) is 10.5 Å². The van der Waals surface area contributed by atoms with Crippen molar-refractivity contribution in [1.29, 1.82) is 0 Å². The van der Waals surface area contributed by atoms with Gasteiger partial charge in [-0.25, -0.2) is 4.39 Å². The molecule has 2 aromatic rings. The molecule has 0 bridgehead atoms. The molecule has 5 nitrogen and oxygen atoms in total. The zero-order valence-corrected chi connectivity index (χ0v) is 13.0. The highest BCUT2D eigenvalue weighted by Crippen LogP contribution is 2.11. The maximum absolute atomic E-state index is 13.0. The number of carbonyl (C=O) groups is 1. The third kappa shape index (κ3) is 5.43. The fourth-order valence-electron chi connectivity index (χ4n) is 1.82. The second kappa shape index (κ2) is 7.93. The number of nitrogens with one attached hydrogen (secondary N) is 1. The molecular formula is C17H18FN3O2. The van der Waals surface area contributed by atoms with Crippen molar-refractivity contribution in [2.75, 3.05) is 30.9 Å². The van der Waals surface area contributed by atoms with Crippen LogP contribution in [0.4, 0.5) is 15.8 Å². The molecule has 23 heavy (non-hydrogen) atoms. The summed E-state index contributed by atoms with van der Waals surface area (Å²) in [4.78, 5) is 18.5.